The zero-order chi connectivity index (χ0) is 50.6. The number of carbonyl (C=O) groups is 1. The molecule has 12 nitrogen and oxygen atoms in total. The second-order valence-corrected chi connectivity index (χ2v) is 19.5. The summed E-state index contributed by atoms with van der Waals surface area (Å²) in [4.78, 5) is 27.3. The second kappa shape index (κ2) is 24.9. The van der Waals surface area contributed by atoms with Gasteiger partial charge in [-0.3, -0.25) is 4.79 Å². The number of pyridine rings is 2. The standard InChI is InChI=1S/C32H35BrN4O3.C24H26BrClN2O3/c1-5-6-7-29-36-30-31(37(29)18-23-11-9-21(19-38)15-28(23)40-4)25-16-24(33)12-13-26(25)35-32(30)34-17-22-10-8-20(2)14-27(22)39-3;1-4-5-6-17(29)12-20-23(19-11-16(25)8-10-21(19)28-24(20)26)27-14-15-7-9-18(30-2)13-22(15)31-3/h8-16,38H,5-7,17-19H2,1-4H3,(H,34,35);7-11,13H,4-6,12,14H2,1-3H3,(H,27,28). The molecule has 0 aliphatic rings. The van der Waals surface area contributed by atoms with Crippen molar-refractivity contribution < 1.29 is 28.8 Å². The minimum Gasteiger partial charge on any atom is -0.497 e. The van der Waals surface area contributed by atoms with E-state index in [1.54, 1.807) is 28.4 Å². The molecule has 0 atom stereocenters. The van der Waals surface area contributed by atoms with Gasteiger partial charge in [0.25, 0.3) is 0 Å². The number of aryl methyl sites for hydroxylation is 2. The molecule has 0 spiro atoms. The molecule has 71 heavy (non-hydrogen) atoms. The Morgan fingerprint density at radius 3 is 2.01 bits per heavy atom. The first-order chi connectivity index (χ1) is 34.4. The lowest BCUT2D eigenvalue weighted by atomic mass is 10.0. The van der Waals surface area contributed by atoms with Crippen molar-refractivity contribution in [1.29, 1.82) is 0 Å². The number of methoxy groups -OCH3 is 4. The van der Waals surface area contributed by atoms with Crippen molar-refractivity contribution in [1.82, 2.24) is 19.5 Å². The van der Waals surface area contributed by atoms with Crippen molar-refractivity contribution in [3.8, 4) is 23.0 Å². The Balaban J connectivity index is 0.000000216. The van der Waals surface area contributed by atoms with Crippen molar-refractivity contribution in [2.24, 2.45) is 0 Å². The van der Waals surface area contributed by atoms with E-state index < -0.39 is 0 Å². The van der Waals surface area contributed by atoms with Gasteiger partial charge in [-0.25, -0.2) is 15.0 Å². The van der Waals surface area contributed by atoms with Gasteiger partial charge in [-0.2, -0.15) is 0 Å². The van der Waals surface area contributed by atoms with Crippen LogP contribution in [0.1, 0.15) is 85.2 Å². The van der Waals surface area contributed by atoms with Gasteiger partial charge in [-0.05, 0) is 91.6 Å². The number of halogens is 3. The molecule has 15 heteroatoms. The van der Waals surface area contributed by atoms with E-state index in [2.05, 4.69) is 91.0 Å². The third kappa shape index (κ3) is 12.8. The number of benzene rings is 5. The Labute approximate surface area is 437 Å². The van der Waals surface area contributed by atoms with Crippen LogP contribution in [-0.4, -0.2) is 58.8 Å². The number of aromatic nitrogens is 4. The molecule has 0 bridgehead atoms. The monoisotopic (exact) mass is 1110 g/mol. The van der Waals surface area contributed by atoms with Gasteiger partial charge in [-0.15, -0.1) is 0 Å². The third-order valence-electron chi connectivity index (χ3n) is 12.4. The number of aliphatic hydroxyl groups is 1. The molecule has 8 rings (SSSR count). The lowest BCUT2D eigenvalue weighted by Crippen LogP contribution is -2.10. The van der Waals surface area contributed by atoms with E-state index in [0.717, 1.165) is 148 Å². The van der Waals surface area contributed by atoms with Gasteiger partial charge in [0.1, 0.15) is 45.3 Å². The molecule has 8 aromatic rings. The highest BCUT2D eigenvalue weighted by atomic mass is 79.9. The fourth-order valence-electron chi connectivity index (χ4n) is 8.54. The van der Waals surface area contributed by atoms with Crippen LogP contribution in [0.4, 0.5) is 11.5 Å². The van der Waals surface area contributed by atoms with Crippen LogP contribution in [-0.2, 0) is 43.9 Å². The van der Waals surface area contributed by atoms with E-state index >= 15 is 0 Å². The molecule has 0 aliphatic carbocycles. The largest absolute Gasteiger partial charge is 0.497 e. The number of ketones is 1. The molecule has 3 N–H and O–H groups in total. The Kier molecular flexibility index (Phi) is 18.6. The topological polar surface area (TPSA) is 142 Å². The molecule has 0 saturated heterocycles. The summed E-state index contributed by atoms with van der Waals surface area (Å²) in [5, 5.41) is 19.0. The van der Waals surface area contributed by atoms with E-state index in [-0.39, 0.29) is 18.8 Å². The normalized spacial score (nSPS) is 11.1. The summed E-state index contributed by atoms with van der Waals surface area (Å²) in [7, 11) is 6.62. The zero-order valence-electron chi connectivity index (χ0n) is 41.3. The molecular weight excluding hydrogens is 1050 g/mol. The minimum absolute atomic E-state index is 0.0302. The van der Waals surface area contributed by atoms with Gasteiger partial charge in [0.05, 0.1) is 63.8 Å². The zero-order valence-corrected chi connectivity index (χ0v) is 45.3. The quantitative estimate of drug-likeness (QED) is 0.0592. The predicted octanol–water partition coefficient (Wildman–Crippen LogP) is 13.7. The molecular formula is C56H61Br2ClN6O6. The highest BCUT2D eigenvalue weighted by molar-refractivity contribution is 9.10. The summed E-state index contributed by atoms with van der Waals surface area (Å²) < 4.78 is 26.4. The SMILES string of the molecule is CCCCC(=O)Cc1c(Cl)nc2ccc(Br)cc2c1NCc1ccc(OC)cc1OC.CCCCc1nc2c(NCc3ccc(C)cc3OC)nc3ccc(Br)cc3c2n1Cc1ccc(CO)cc1OC. The minimum atomic E-state index is -0.0302. The van der Waals surface area contributed by atoms with E-state index in [1.807, 2.05) is 72.8 Å². The van der Waals surface area contributed by atoms with Crippen LogP contribution >= 0.6 is 43.5 Å². The second-order valence-electron chi connectivity index (χ2n) is 17.3. The molecule has 0 saturated carbocycles. The van der Waals surface area contributed by atoms with Crippen LogP contribution in [0, 0.1) is 6.92 Å². The molecule has 372 valence electrons. The number of imidazole rings is 1. The number of fused-ring (bicyclic) bond motifs is 4. The number of carbonyl (C=O) groups excluding carboxylic acids is 1. The molecule has 3 heterocycles. The van der Waals surface area contributed by atoms with Crippen LogP contribution in [0.15, 0.2) is 99.9 Å². The van der Waals surface area contributed by atoms with Crippen LogP contribution in [0.5, 0.6) is 23.0 Å². The van der Waals surface area contributed by atoms with E-state index in [4.69, 9.17) is 40.5 Å². The first-order valence-electron chi connectivity index (χ1n) is 23.8. The predicted molar refractivity (Wildman–Crippen MR) is 294 cm³/mol. The average Bonchev–Trinajstić information content (AvgIpc) is 3.75. The Bertz CT molecular complexity index is 3160. The number of nitrogens with zero attached hydrogens (tertiary/aromatic N) is 4. The summed E-state index contributed by atoms with van der Waals surface area (Å²) in [6.07, 6.45) is 5.58. The molecule has 5 aromatic carbocycles. The van der Waals surface area contributed by atoms with Crippen molar-refractivity contribution in [2.75, 3.05) is 39.1 Å². The van der Waals surface area contributed by atoms with Crippen molar-refractivity contribution in [3.63, 3.8) is 0 Å². The Morgan fingerprint density at radius 2 is 1.34 bits per heavy atom. The summed E-state index contributed by atoms with van der Waals surface area (Å²) in [5.41, 5.74) is 10.1. The van der Waals surface area contributed by atoms with Gasteiger partial charge < -0.3 is 39.3 Å². The molecule has 0 fully saturated rings. The van der Waals surface area contributed by atoms with Crippen molar-refractivity contribution in [3.05, 3.63) is 144 Å². The Morgan fingerprint density at radius 1 is 0.704 bits per heavy atom. The maximum absolute atomic E-state index is 12.6. The number of rotatable bonds is 21. The molecule has 3 aromatic heterocycles. The van der Waals surface area contributed by atoms with Crippen LogP contribution in [0.2, 0.25) is 5.15 Å². The fraction of sp³-hybridized carbons (Fsp3) is 0.321. The van der Waals surface area contributed by atoms with E-state index in [0.29, 0.717) is 31.2 Å². The molecule has 0 radical (unpaired) electrons. The lowest BCUT2D eigenvalue weighted by Gasteiger charge is -2.18. The van der Waals surface area contributed by atoms with E-state index in [1.165, 1.54) is 0 Å². The fourth-order valence-corrected chi connectivity index (χ4v) is 9.51. The molecule has 0 amide bonds. The number of nitrogens with one attached hydrogen (secondary N) is 2. The number of unbranched alkanes of at least 4 members (excludes halogenated alkanes) is 2. The van der Waals surface area contributed by atoms with E-state index in [9.17, 15) is 9.90 Å². The van der Waals surface area contributed by atoms with Gasteiger partial charge in [0.2, 0.25) is 0 Å². The average molecular weight is 1110 g/mol. The van der Waals surface area contributed by atoms with Gasteiger partial charge in [0.15, 0.2) is 5.82 Å². The van der Waals surface area contributed by atoms with Crippen LogP contribution in [0.3, 0.4) is 0 Å². The molecule has 0 unspecified atom stereocenters. The maximum Gasteiger partial charge on any atom is 0.155 e. The van der Waals surface area contributed by atoms with Crippen molar-refractivity contribution >= 4 is 93.6 Å². The summed E-state index contributed by atoms with van der Waals surface area (Å²) >= 11 is 13.8. The van der Waals surface area contributed by atoms with Crippen molar-refractivity contribution in [2.45, 2.75) is 92.0 Å². The first-order valence-corrected chi connectivity index (χ1v) is 25.7. The summed E-state index contributed by atoms with van der Waals surface area (Å²) in [5.74, 6) is 4.95. The number of aliphatic hydroxyl groups excluding tert-OH is 1. The summed E-state index contributed by atoms with van der Waals surface area (Å²) in [6.45, 7) is 7.93. The highest BCUT2D eigenvalue weighted by Gasteiger charge is 2.22. The summed E-state index contributed by atoms with van der Waals surface area (Å²) in [6, 6.07) is 29.8. The van der Waals surface area contributed by atoms with Crippen LogP contribution in [0.25, 0.3) is 32.8 Å². The Hall–Kier alpha value is -5.93. The maximum atomic E-state index is 12.6. The molecule has 0 aliphatic heterocycles. The van der Waals surface area contributed by atoms with Gasteiger partial charge in [0, 0.05) is 80.4 Å². The first kappa shape index (κ1) is 52.9. The van der Waals surface area contributed by atoms with Gasteiger partial charge in [-0.1, -0.05) is 94.4 Å². The highest BCUT2D eigenvalue weighted by Crippen LogP contribution is 2.37. The smallest absolute Gasteiger partial charge is 0.155 e. The van der Waals surface area contributed by atoms with Crippen LogP contribution < -0.4 is 29.6 Å². The third-order valence-corrected chi connectivity index (χ3v) is 13.7. The number of ether oxygens (including phenoxy) is 4. The number of Topliss-reactive ketones (excluding diaryl/α,β-unsaturated/α-hetero) is 1. The number of anilines is 2. The lowest BCUT2D eigenvalue weighted by molar-refractivity contribution is -0.118. The number of hydrogen-bond donors (Lipinski definition) is 3. The number of hydrogen-bond acceptors (Lipinski definition) is 11. The van der Waals surface area contributed by atoms with Gasteiger partial charge >= 0.3 is 0 Å².